The summed E-state index contributed by atoms with van der Waals surface area (Å²) < 4.78 is 33.9. The Balaban J connectivity index is 1.76. The third kappa shape index (κ3) is 3.87. The number of nitrogens with zero attached hydrogens (tertiary/aromatic N) is 2. The quantitative estimate of drug-likeness (QED) is 0.727. The maximum atomic E-state index is 12.8. The van der Waals surface area contributed by atoms with E-state index in [1.807, 2.05) is 0 Å². The van der Waals surface area contributed by atoms with Crippen molar-refractivity contribution in [3.8, 4) is 11.5 Å². The molecular weight excluding hydrogens is 372 g/mol. The van der Waals surface area contributed by atoms with Crippen molar-refractivity contribution in [3.63, 3.8) is 0 Å². The van der Waals surface area contributed by atoms with Crippen molar-refractivity contribution in [1.82, 2.24) is 4.90 Å². The number of methoxy groups -OCH3 is 2. The van der Waals surface area contributed by atoms with Gasteiger partial charge < -0.3 is 19.3 Å². The minimum atomic E-state index is -3.08. The van der Waals surface area contributed by atoms with Gasteiger partial charge in [-0.1, -0.05) is 0 Å². The molecule has 0 saturated carbocycles. The van der Waals surface area contributed by atoms with Crippen molar-refractivity contribution in [2.45, 2.75) is 18.9 Å². The first kappa shape index (κ1) is 19.5. The van der Waals surface area contributed by atoms with Crippen LogP contribution in [0.1, 0.15) is 12.8 Å². The van der Waals surface area contributed by atoms with E-state index in [0.29, 0.717) is 23.6 Å². The summed E-state index contributed by atoms with van der Waals surface area (Å²) in [6.07, 6.45) is 0.529. The van der Waals surface area contributed by atoms with Gasteiger partial charge in [0, 0.05) is 32.1 Å². The van der Waals surface area contributed by atoms with Crippen LogP contribution in [0.4, 0.5) is 5.69 Å². The summed E-state index contributed by atoms with van der Waals surface area (Å²) in [6.45, 7) is 0.227. The SMILES string of the molecule is COc1ccc(OC)c(N2CC(C(=O)N(C)C3CCS(=O)(=O)C3)CC2=O)c1. The smallest absolute Gasteiger partial charge is 0.228 e. The van der Waals surface area contributed by atoms with E-state index >= 15 is 0 Å². The summed E-state index contributed by atoms with van der Waals surface area (Å²) in [6, 6.07) is 4.83. The van der Waals surface area contributed by atoms with E-state index in [1.54, 1.807) is 25.2 Å². The van der Waals surface area contributed by atoms with Gasteiger partial charge in [-0.15, -0.1) is 0 Å². The molecule has 0 aromatic heterocycles. The van der Waals surface area contributed by atoms with Gasteiger partial charge in [0.1, 0.15) is 11.5 Å². The lowest BCUT2D eigenvalue weighted by Gasteiger charge is -2.26. The van der Waals surface area contributed by atoms with Crippen molar-refractivity contribution >= 4 is 27.3 Å². The second-order valence-electron chi connectivity index (χ2n) is 6.95. The zero-order chi connectivity index (χ0) is 19.8. The Morgan fingerprint density at radius 3 is 2.59 bits per heavy atom. The lowest BCUT2D eigenvalue weighted by atomic mass is 10.1. The second-order valence-corrected chi connectivity index (χ2v) is 9.18. The van der Waals surface area contributed by atoms with E-state index in [1.165, 1.54) is 24.0 Å². The fourth-order valence-corrected chi connectivity index (χ4v) is 5.44. The average molecular weight is 396 g/mol. The molecule has 0 aliphatic carbocycles. The molecule has 0 radical (unpaired) electrons. The second kappa shape index (κ2) is 7.38. The van der Waals surface area contributed by atoms with Crippen LogP contribution in [0.15, 0.2) is 18.2 Å². The molecule has 2 amide bonds. The number of sulfone groups is 1. The molecule has 3 rings (SSSR count). The number of hydrogen-bond acceptors (Lipinski definition) is 6. The summed E-state index contributed by atoms with van der Waals surface area (Å²) in [5, 5.41) is 0. The highest BCUT2D eigenvalue weighted by molar-refractivity contribution is 7.91. The van der Waals surface area contributed by atoms with Gasteiger partial charge in [-0.2, -0.15) is 0 Å². The summed E-state index contributed by atoms with van der Waals surface area (Å²) in [7, 11) is 1.59. The average Bonchev–Trinajstić information content (AvgIpc) is 3.22. The normalized spacial score (nSPS) is 24.1. The van der Waals surface area contributed by atoms with Gasteiger partial charge in [-0.3, -0.25) is 9.59 Å². The number of amides is 2. The maximum absolute atomic E-state index is 12.8. The highest BCUT2D eigenvalue weighted by Crippen LogP contribution is 2.36. The largest absolute Gasteiger partial charge is 0.497 e. The van der Waals surface area contributed by atoms with Crippen LogP contribution in [0.3, 0.4) is 0 Å². The number of hydrogen-bond donors (Lipinski definition) is 0. The predicted molar refractivity (Wildman–Crippen MR) is 99.8 cm³/mol. The van der Waals surface area contributed by atoms with Gasteiger partial charge in [0.05, 0.1) is 37.3 Å². The topological polar surface area (TPSA) is 93.2 Å². The zero-order valence-corrected chi connectivity index (χ0v) is 16.5. The summed E-state index contributed by atoms with van der Waals surface area (Å²) in [4.78, 5) is 28.4. The molecule has 1 aromatic rings. The number of carbonyl (C=O) groups excluding carboxylic acids is 2. The van der Waals surface area contributed by atoms with Crippen molar-refractivity contribution in [3.05, 3.63) is 18.2 Å². The van der Waals surface area contributed by atoms with Gasteiger partial charge in [-0.05, 0) is 18.6 Å². The molecule has 2 heterocycles. The third-order valence-corrected chi connectivity index (χ3v) is 7.01. The zero-order valence-electron chi connectivity index (χ0n) is 15.7. The van der Waals surface area contributed by atoms with Gasteiger partial charge in [0.25, 0.3) is 0 Å². The predicted octanol–water partition coefficient (Wildman–Crippen LogP) is 0.702. The molecule has 2 aliphatic heterocycles. The van der Waals surface area contributed by atoms with Crippen LogP contribution in [0.25, 0.3) is 0 Å². The number of rotatable bonds is 5. The monoisotopic (exact) mass is 396 g/mol. The molecule has 27 heavy (non-hydrogen) atoms. The molecule has 0 N–H and O–H groups in total. The Morgan fingerprint density at radius 1 is 1.26 bits per heavy atom. The van der Waals surface area contributed by atoms with E-state index in [9.17, 15) is 18.0 Å². The standard InChI is InChI=1S/C18H24N2O6S/c1-19(13-6-7-27(23,24)11-13)18(22)12-8-17(21)20(10-12)15-9-14(25-2)4-5-16(15)26-3/h4-5,9,12-13H,6-8,10-11H2,1-3H3. The minimum Gasteiger partial charge on any atom is -0.497 e. The van der Waals surface area contributed by atoms with Crippen molar-refractivity contribution in [1.29, 1.82) is 0 Å². The van der Waals surface area contributed by atoms with E-state index < -0.39 is 15.8 Å². The summed E-state index contributed by atoms with van der Waals surface area (Å²) in [5.74, 6) is 0.313. The van der Waals surface area contributed by atoms with Crippen LogP contribution in [0.2, 0.25) is 0 Å². The van der Waals surface area contributed by atoms with Gasteiger partial charge >= 0.3 is 0 Å². The first-order valence-corrected chi connectivity index (χ1v) is 10.6. The molecule has 8 nitrogen and oxygen atoms in total. The van der Waals surface area contributed by atoms with Crippen LogP contribution < -0.4 is 14.4 Å². The van der Waals surface area contributed by atoms with Crippen molar-refractivity contribution in [2.75, 3.05) is 44.2 Å². The molecular formula is C18H24N2O6S. The Hall–Kier alpha value is -2.29. The van der Waals surface area contributed by atoms with Crippen LogP contribution >= 0.6 is 0 Å². The first-order valence-electron chi connectivity index (χ1n) is 8.75. The lowest BCUT2D eigenvalue weighted by molar-refractivity contribution is -0.136. The Kier molecular flexibility index (Phi) is 5.32. The molecule has 2 atom stereocenters. The van der Waals surface area contributed by atoms with Crippen LogP contribution in [-0.4, -0.2) is 70.5 Å². The fourth-order valence-electron chi connectivity index (χ4n) is 3.66. The molecule has 2 aliphatic rings. The molecule has 0 bridgehead atoms. The number of benzene rings is 1. The Labute approximate surface area is 158 Å². The molecule has 1 aromatic carbocycles. The van der Waals surface area contributed by atoms with Crippen LogP contribution in [-0.2, 0) is 19.4 Å². The first-order chi connectivity index (χ1) is 12.8. The maximum Gasteiger partial charge on any atom is 0.228 e. The molecule has 2 saturated heterocycles. The van der Waals surface area contributed by atoms with Crippen LogP contribution in [0.5, 0.6) is 11.5 Å². The fraction of sp³-hybridized carbons (Fsp3) is 0.556. The number of anilines is 1. The Bertz CT molecular complexity index is 853. The molecule has 2 fully saturated rings. The molecule has 0 spiro atoms. The Morgan fingerprint density at radius 2 is 2.00 bits per heavy atom. The molecule has 148 valence electrons. The minimum absolute atomic E-state index is 0.0106. The van der Waals surface area contributed by atoms with Gasteiger partial charge in [-0.25, -0.2) is 8.42 Å². The number of carbonyl (C=O) groups is 2. The summed E-state index contributed by atoms with van der Waals surface area (Å²) >= 11 is 0. The van der Waals surface area contributed by atoms with Crippen molar-refractivity contribution < 1.29 is 27.5 Å². The highest BCUT2D eigenvalue weighted by atomic mass is 32.2. The molecule has 9 heteroatoms. The van der Waals surface area contributed by atoms with Crippen LogP contribution in [0, 0.1) is 5.92 Å². The van der Waals surface area contributed by atoms with Gasteiger partial charge in [0.2, 0.25) is 11.8 Å². The van der Waals surface area contributed by atoms with E-state index in [4.69, 9.17) is 9.47 Å². The third-order valence-electron chi connectivity index (χ3n) is 5.25. The highest BCUT2D eigenvalue weighted by Gasteiger charge is 2.41. The summed E-state index contributed by atoms with van der Waals surface area (Å²) in [5.41, 5.74) is 0.559. The van der Waals surface area contributed by atoms with E-state index in [0.717, 1.165) is 0 Å². The van der Waals surface area contributed by atoms with Gasteiger partial charge in [0.15, 0.2) is 9.84 Å². The number of ether oxygens (including phenoxy) is 2. The van der Waals surface area contributed by atoms with Crippen molar-refractivity contribution in [2.24, 2.45) is 5.92 Å². The van der Waals surface area contributed by atoms with E-state index in [-0.39, 0.29) is 42.3 Å². The lowest BCUT2D eigenvalue weighted by Crippen LogP contribution is -2.42. The van der Waals surface area contributed by atoms with E-state index in [2.05, 4.69) is 0 Å². The molecule has 2 unspecified atom stereocenters.